The van der Waals surface area contributed by atoms with E-state index in [-0.39, 0.29) is 23.4 Å². The van der Waals surface area contributed by atoms with Gasteiger partial charge in [0.15, 0.2) is 0 Å². The minimum atomic E-state index is -0.0324. The molecule has 0 spiro atoms. The summed E-state index contributed by atoms with van der Waals surface area (Å²) in [6.07, 6.45) is 7.14. The van der Waals surface area contributed by atoms with Crippen LogP contribution in [0.5, 0.6) is 0 Å². The zero-order chi connectivity index (χ0) is 17.3. The first kappa shape index (κ1) is 17.1. The van der Waals surface area contributed by atoms with Crippen LogP contribution in [0.1, 0.15) is 55.1 Å². The molecule has 1 saturated heterocycles. The summed E-state index contributed by atoms with van der Waals surface area (Å²) in [5.74, 6) is 0.106. The van der Waals surface area contributed by atoms with Crippen LogP contribution in [0.15, 0.2) is 18.6 Å². The van der Waals surface area contributed by atoms with Crippen LogP contribution in [0.4, 0.5) is 0 Å². The zero-order valence-electron chi connectivity index (χ0n) is 14.7. The normalized spacial score (nSPS) is 21.8. The van der Waals surface area contributed by atoms with Crippen molar-refractivity contribution in [2.45, 2.75) is 57.7 Å². The van der Waals surface area contributed by atoms with Crippen LogP contribution in [-0.4, -0.2) is 26.7 Å². The lowest BCUT2D eigenvalue weighted by atomic mass is 9.94. The fourth-order valence-electron chi connectivity index (χ4n) is 2.90. The summed E-state index contributed by atoms with van der Waals surface area (Å²) in [7, 11) is 1.89. The smallest absolute Gasteiger partial charge is 0.220 e. The van der Waals surface area contributed by atoms with E-state index in [1.165, 1.54) is 4.88 Å². The van der Waals surface area contributed by atoms with E-state index >= 15 is 0 Å². The Bertz CT molecular complexity index is 715. The van der Waals surface area contributed by atoms with Crippen LogP contribution in [0.2, 0.25) is 0 Å². The van der Waals surface area contributed by atoms with Crippen LogP contribution < -0.4 is 10.6 Å². The van der Waals surface area contributed by atoms with Gasteiger partial charge in [-0.3, -0.25) is 9.48 Å². The van der Waals surface area contributed by atoms with Crippen molar-refractivity contribution in [3.8, 4) is 0 Å². The average molecular weight is 347 g/mol. The second-order valence-electron chi connectivity index (χ2n) is 7.40. The van der Waals surface area contributed by atoms with Gasteiger partial charge in [-0.15, -0.1) is 11.3 Å². The summed E-state index contributed by atoms with van der Waals surface area (Å²) in [6, 6.07) is 0.169. The number of carbonyl (C=O) groups excluding carboxylic acids is 1. The molecule has 1 aliphatic heterocycles. The van der Waals surface area contributed by atoms with Gasteiger partial charge < -0.3 is 10.6 Å². The minimum Gasteiger partial charge on any atom is -0.348 e. The molecule has 2 aromatic rings. The Morgan fingerprint density at radius 2 is 2.21 bits per heavy atom. The van der Waals surface area contributed by atoms with E-state index in [9.17, 15) is 4.79 Å². The molecule has 0 bridgehead atoms. The number of carbonyl (C=O) groups is 1. The lowest BCUT2D eigenvalue weighted by Gasteiger charge is -2.32. The van der Waals surface area contributed by atoms with Gasteiger partial charge in [0.05, 0.1) is 17.2 Å². The zero-order valence-corrected chi connectivity index (χ0v) is 15.5. The topological polar surface area (TPSA) is 71.8 Å². The molecule has 1 amide bonds. The third-order valence-corrected chi connectivity index (χ3v) is 5.64. The number of hydrogen-bond donors (Lipinski definition) is 2. The number of amides is 1. The van der Waals surface area contributed by atoms with Gasteiger partial charge in [-0.25, -0.2) is 4.98 Å². The molecule has 0 radical (unpaired) electrons. The maximum absolute atomic E-state index is 11.8. The molecular formula is C17H25N5OS. The molecule has 3 heterocycles. The van der Waals surface area contributed by atoms with E-state index in [1.54, 1.807) is 16.0 Å². The van der Waals surface area contributed by atoms with E-state index in [0.29, 0.717) is 6.42 Å². The Balaban J connectivity index is 1.68. The lowest BCUT2D eigenvalue weighted by molar-refractivity contribution is -0.123. The predicted molar refractivity (Wildman–Crippen MR) is 94.8 cm³/mol. The first-order valence-electron chi connectivity index (χ1n) is 8.29. The van der Waals surface area contributed by atoms with E-state index < -0.39 is 0 Å². The monoisotopic (exact) mass is 347 g/mol. The number of nitrogens with zero attached hydrogens (tertiary/aromatic N) is 3. The number of nitrogens with one attached hydrogen (secondary N) is 2. The van der Waals surface area contributed by atoms with Gasteiger partial charge in [-0.05, 0) is 6.42 Å². The number of rotatable bonds is 4. The van der Waals surface area contributed by atoms with Crippen molar-refractivity contribution in [3.05, 3.63) is 34.0 Å². The number of piperidine rings is 1. The summed E-state index contributed by atoms with van der Waals surface area (Å²) in [5.41, 5.74) is 1.13. The van der Waals surface area contributed by atoms with Gasteiger partial charge in [0.25, 0.3) is 0 Å². The minimum absolute atomic E-state index is 0.0324. The van der Waals surface area contributed by atoms with E-state index in [2.05, 4.69) is 41.5 Å². The van der Waals surface area contributed by atoms with Gasteiger partial charge in [-0.2, -0.15) is 5.10 Å². The van der Waals surface area contributed by atoms with E-state index in [0.717, 1.165) is 23.5 Å². The second-order valence-corrected chi connectivity index (χ2v) is 8.52. The Kier molecular flexibility index (Phi) is 4.73. The molecule has 24 heavy (non-hydrogen) atoms. The van der Waals surface area contributed by atoms with Crippen molar-refractivity contribution in [1.29, 1.82) is 0 Å². The molecule has 0 aliphatic carbocycles. The summed E-state index contributed by atoms with van der Waals surface area (Å²) >= 11 is 1.75. The molecule has 1 fully saturated rings. The van der Waals surface area contributed by atoms with Crippen molar-refractivity contribution in [3.63, 3.8) is 0 Å². The Hall–Kier alpha value is -1.73. The second kappa shape index (κ2) is 6.64. The molecule has 1 aliphatic rings. The van der Waals surface area contributed by atoms with Gasteiger partial charge in [0.1, 0.15) is 0 Å². The van der Waals surface area contributed by atoms with E-state index in [1.807, 2.05) is 25.6 Å². The average Bonchev–Trinajstić information content (AvgIpc) is 3.14. The highest BCUT2D eigenvalue weighted by molar-refractivity contribution is 7.11. The lowest BCUT2D eigenvalue weighted by Crippen LogP contribution is -2.48. The largest absolute Gasteiger partial charge is 0.348 e. The number of aromatic nitrogens is 3. The molecule has 0 saturated carbocycles. The number of aryl methyl sites for hydroxylation is 1. The fourth-order valence-corrected chi connectivity index (χ4v) is 3.82. The molecule has 130 valence electrons. The first-order chi connectivity index (χ1) is 11.3. The summed E-state index contributed by atoms with van der Waals surface area (Å²) in [6.45, 7) is 7.31. The first-order valence-corrected chi connectivity index (χ1v) is 9.11. The van der Waals surface area contributed by atoms with Crippen molar-refractivity contribution in [1.82, 2.24) is 25.4 Å². The molecule has 6 nitrogen and oxygen atoms in total. The molecule has 3 rings (SSSR count). The molecule has 0 unspecified atom stereocenters. The van der Waals surface area contributed by atoms with Crippen molar-refractivity contribution >= 4 is 17.2 Å². The molecule has 2 aromatic heterocycles. The highest BCUT2D eigenvalue weighted by Gasteiger charge is 2.30. The molecule has 0 aromatic carbocycles. The van der Waals surface area contributed by atoms with Crippen LogP contribution in [0, 0.1) is 0 Å². The van der Waals surface area contributed by atoms with E-state index in [4.69, 9.17) is 0 Å². The van der Waals surface area contributed by atoms with Crippen LogP contribution in [0.3, 0.4) is 0 Å². The van der Waals surface area contributed by atoms with Crippen molar-refractivity contribution in [2.75, 3.05) is 0 Å². The van der Waals surface area contributed by atoms with Gasteiger partial charge >= 0.3 is 0 Å². The van der Waals surface area contributed by atoms with Crippen molar-refractivity contribution < 1.29 is 4.79 Å². The summed E-state index contributed by atoms with van der Waals surface area (Å²) in [4.78, 5) is 17.6. The van der Waals surface area contributed by atoms with Crippen molar-refractivity contribution in [2.24, 2.45) is 7.05 Å². The molecular weight excluding hydrogens is 322 g/mol. The van der Waals surface area contributed by atoms with Gasteiger partial charge in [0, 0.05) is 54.3 Å². The summed E-state index contributed by atoms with van der Waals surface area (Å²) < 4.78 is 1.77. The van der Waals surface area contributed by atoms with Crippen LogP contribution in [-0.2, 0) is 23.8 Å². The molecule has 2 atom stereocenters. The standard InChI is InChI=1S/C17H25N5OS/c1-17(2,3)16-19-9-12(24-16)8-18-13-5-6-14(23)21-15(13)11-7-20-22(4)10-11/h7,9-10,13,15,18H,5-6,8H2,1-4H3,(H,21,23)/t13-,15+/m1/s1. The molecule has 7 heteroatoms. The maximum Gasteiger partial charge on any atom is 0.220 e. The third-order valence-electron chi connectivity index (χ3n) is 4.22. The fraction of sp³-hybridized carbons (Fsp3) is 0.588. The Morgan fingerprint density at radius 3 is 2.83 bits per heavy atom. The third kappa shape index (κ3) is 3.84. The van der Waals surface area contributed by atoms with Gasteiger partial charge in [0.2, 0.25) is 5.91 Å². The van der Waals surface area contributed by atoms with Crippen LogP contribution >= 0.6 is 11.3 Å². The SMILES string of the molecule is Cn1cc([C@@H]2NC(=O)CC[C@H]2NCc2cnc(C(C)(C)C)s2)cn1. The summed E-state index contributed by atoms with van der Waals surface area (Å²) in [5, 5.41) is 12.1. The molecule has 2 N–H and O–H groups in total. The number of hydrogen-bond acceptors (Lipinski definition) is 5. The highest BCUT2D eigenvalue weighted by Crippen LogP contribution is 2.28. The maximum atomic E-state index is 11.8. The predicted octanol–water partition coefficient (Wildman–Crippen LogP) is 2.28. The quantitative estimate of drug-likeness (QED) is 0.890. The Labute approximate surface area is 146 Å². The highest BCUT2D eigenvalue weighted by atomic mass is 32.1. The Morgan fingerprint density at radius 1 is 1.42 bits per heavy atom. The van der Waals surface area contributed by atoms with Crippen LogP contribution in [0.25, 0.3) is 0 Å². The number of thiazole rings is 1. The van der Waals surface area contributed by atoms with Gasteiger partial charge in [-0.1, -0.05) is 20.8 Å².